The molecule has 98 valence electrons. The van der Waals surface area contributed by atoms with Crippen LogP contribution < -0.4 is 10.1 Å². The first-order valence-electron chi connectivity index (χ1n) is 5.81. The molecule has 0 aromatic heterocycles. The van der Waals surface area contributed by atoms with Crippen LogP contribution in [0.3, 0.4) is 0 Å². The Kier molecular flexibility index (Phi) is 4.22. The van der Waals surface area contributed by atoms with Gasteiger partial charge in [0.05, 0.1) is 12.7 Å². The van der Waals surface area contributed by atoms with Gasteiger partial charge in [-0.25, -0.2) is 0 Å². The van der Waals surface area contributed by atoms with E-state index in [0.29, 0.717) is 16.9 Å². The topological polar surface area (TPSA) is 38.3 Å². The van der Waals surface area contributed by atoms with Crippen molar-refractivity contribution in [2.75, 3.05) is 19.5 Å². The van der Waals surface area contributed by atoms with Crippen molar-refractivity contribution in [3.05, 3.63) is 58.1 Å². The number of carbonyl (C=O) groups is 1. The van der Waals surface area contributed by atoms with Crippen LogP contribution in [0.2, 0.25) is 0 Å². The SMILES string of the molecule is CNc1ccc(C(=O)c2cc(Br)ccc2OC)cc1. The fourth-order valence-corrected chi connectivity index (χ4v) is 2.16. The number of ether oxygens (including phenoxy) is 1. The first-order chi connectivity index (χ1) is 9.15. The number of hydrogen-bond donors (Lipinski definition) is 1. The summed E-state index contributed by atoms with van der Waals surface area (Å²) in [5.41, 5.74) is 2.15. The van der Waals surface area contributed by atoms with E-state index in [1.54, 1.807) is 31.4 Å². The molecular formula is C15H14BrNO2. The van der Waals surface area contributed by atoms with Crippen LogP contribution in [-0.4, -0.2) is 19.9 Å². The number of hydrogen-bond acceptors (Lipinski definition) is 3. The molecule has 0 saturated carbocycles. The summed E-state index contributed by atoms with van der Waals surface area (Å²) in [6.45, 7) is 0. The molecule has 0 bridgehead atoms. The second-order valence-electron chi connectivity index (χ2n) is 4.00. The third-order valence-corrected chi connectivity index (χ3v) is 3.34. The van der Waals surface area contributed by atoms with E-state index >= 15 is 0 Å². The quantitative estimate of drug-likeness (QED) is 0.873. The largest absolute Gasteiger partial charge is 0.496 e. The van der Waals surface area contributed by atoms with E-state index < -0.39 is 0 Å². The van der Waals surface area contributed by atoms with Crippen LogP contribution in [0, 0.1) is 0 Å². The Morgan fingerprint density at radius 2 is 1.84 bits per heavy atom. The summed E-state index contributed by atoms with van der Waals surface area (Å²) in [7, 11) is 3.40. The van der Waals surface area contributed by atoms with Gasteiger partial charge in [-0.15, -0.1) is 0 Å². The summed E-state index contributed by atoms with van der Waals surface area (Å²) < 4.78 is 6.08. The van der Waals surface area contributed by atoms with Crippen molar-refractivity contribution >= 4 is 27.4 Å². The summed E-state index contributed by atoms with van der Waals surface area (Å²) in [6.07, 6.45) is 0. The number of nitrogens with one attached hydrogen (secondary N) is 1. The van der Waals surface area contributed by atoms with Crippen LogP contribution in [0.25, 0.3) is 0 Å². The van der Waals surface area contributed by atoms with Crippen LogP contribution in [0.5, 0.6) is 5.75 Å². The van der Waals surface area contributed by atoms with Crippen LogP contribution >= 0.6 is 15.9 Å². The van der Waals surface area contributed by atoms with E-state index in [2.05, 4.69) is 21.2 Å². The maximum absolute atomic E-state index is 12.5. The van der Waals surface area contributed by atoms with Gasteiger partial charge in [-0.2, -0.15) is 0 Å². The molecule has 0 fully saturated rings. The van der Waals surface area contributed by atoms with Crippen LogP contribution in [0.1, 0.15) is 15.9 Å². The van der Waals surface area contributed by atoms with Gasteiger partial charge in [0.15, 0.2) is 5.78 Å². The van der Waals surface area contributed by atoms with Crippen LogP contribution in [0.15, 0.2) is 46.9 Å². The molecule has 0 amide bonds. The van der Waals surface area contributed by atoms with Gasteiger partial charge in [0.1, 0.15) is 5.75 Å². The molecule has 0 saturated heterocycles. The van der Waals surface area contributed by atoms with Crippen molar-refractivity contribution in [1.82, 2.24) is 0 Å². The summed E-state index contributed by atoms with van der Waals surface area (Å²) in [4.78, 5) is 12.5. The highest BCUT2D eigenvalue weighted by Crippen LogP contribution is 2.25. The Hall–Kier alpha value is -1.81. The van der Waals surface area contributed by atoms with Crippen LogP contribution in [0.4, 0.5) is 5.69 Å². The number of halogens is 1. The molecule has 0 unspecified atom stereocenters. The van der Waals surface area contributed by atoms with E-state index in [0.717, 1.165) is 10.2 Å². The van der Waals surface area contributed by atoms with Crippen molar-refractivity contribution in [3.8, 4) is 5.75 Å². The normalized spacial score (nSPS) is 10.1. The van der Waals surface area contributed by atoms with Crippen LogP contribution in [-0.2, 0) is 0 Å². The smallest absolute Gasteiger partial charge is 0.196 e. The molecule has 2 rings (SSSR count). The molecule has 19 heavy (non-hydrogen) atoms. The Bertz CT molecular complexity index is 594. The first kappa shape index (κ1) is 13.6. The average molecular weight is 320 g/mol. The number of ketones is 1. The second kappa shape index (κ2) is 5.89. The molecule has 2 aromatic rings. The molecule has 0 spiro atoms. The van der Waals surface area contributed by atoms with Crippen molar-refractivity contribution in [2.45, 2.75) is 0 Å². The first-order valence-corrected chi connectivity index (χ1v) is 6.61. The molecule has 1 N–H and O–H groups in total. The number of methoxy groups -OCH3 is 1. The third kappa shape index (κ3) is 2.96. The number of rotatable bonds is 4. The van der Waals surface area contributed by atoms with Crippen molar-refractivity contribution in [3.63, 3.8) is 0 Å². The maximum Gasteiger partial charge on any atom is 0.196 e. The van der Waals surface area contributed by atoms with Gasteiger partial charge in [-0.3, -0.25) is 4.79 Å². The Labute approximate surface area is 120 Å². The highest BCUT2D eigenvalue weighted by molar-refractivity contribution is 9.10. The second-order valence-corrected chi connectivity index (χ2v) is 4.92. The van der Waals surface area contributed by atoms with E-state index in [1.807, 2.05) is 25.2 Å². The third-order valence-electron chi connectivity index (χ3n) is 2.84. The van der Waals surface area contributed by atoms with Gasteiger partial charge in [0.2, 0.25) is 0 Å². The number of benzene rings is 2. The predicted octanol–water partition coefficient (Wildman–Crippen LogP) is 3.73. The van der Waals surface area contributed by atoms with Gasteiger partial charge >= 0.3 is 0 Å². The molecule has 0 heterocycles. The lowest BCUT2D eigenvalue weighted by atomic mass is 10.0. The lowest BCUT2D eigenvalue weighted by molar-refractivity contribution is 0.103. The molecule has 0 radical (unpaired) electrons. The zero-order valence-electron chi connectivity index (χ0n) is 10.7. The van der Waals surface area contributed by atoms with E-state index in [1.165, 1.54) is 0 Å². The van der Waals surface area contributed by atoms with E-state index in [-0.39, 0.29) is 5.78 Å². The van der Waals surface area contributed by atoms with Gasteiger partial charge in [-0.05, 0) is 42.5 Å². The molecule has 0 atom stereocenters. The molecular weight excluding hydrogens is 306 g/mol. The minimum Gasteiger partial charge on any atom is -0.496 e. The predicted molar refractivity (Wildman–Crippen MR) is 80.1 cm³/mol. The minimum atomic E-state index is -0.0548. The van der Waals surface area contributed by atoms with Crippen molar-refractivity contribution < 1.29 is 9.53 Å². The summed E-state index contributed by atoms with van der Waals surface area (Å²) in [5.74, 6) is 0.520. The minimum absolute atomic E-state index is 0.0548. The lowest BCUT2D eigenvalue weighted by Gasteiger charge is -2.08. The molecule has 2 aromatic carbocycles. The van der Waals surface area contributed by atoms with E-state index in [9.17, 15) is 4.79 Å². The van der Waals surface area contributed by atoms with Gasteiger partial charge in [0, 0.05) is 22.8 Å². The van der Waals surface area contributed by atoms with Gasteiger partial charge in [-0.1, -0.05) is 15.9 Å². The average Bonchev–Trinajstić information content (AvgIpc) is 2.46. The molecule has 3 nitrogen and oxygen atoms in total. The Morgan fingerprint density at radius 3 is 2.42 bits per heavy atom. The van der Waals surface area contributed by atoms with Gasteiger partial charge < -0.3 is 10.1 Å². The standard InChI is InChI=1S/C15H14BrNO2/c1-17-12-6-3-10(4-7-12)15(18)13-9-11(16)5-8-14(13)19-2/h3-9,17H,1-2H3. The summed E-state index contributed by atoms with van der Waals surface area (Å²) >= 11 is 3.37. The molecule has 0 aliphatic heterocycles. The highest BCUT2D eigenvalue weighted by Gasteiger charge is 2.14. The van der Waals surface area contributed by atoms with E-state index in [4.69, 9.17) is 4.74 Å². The lowest BCUT2D eigenvalue weighted by Crippen LogP contribution is -2.04. The maximum atomic E-state index is 12.5. The summed E-state index contributed by atoms with van der Waals surface area (Å²) in [5, 5.41) is 3.02. The Balaban J connectivity index is 2.40. The van der Waals surface area contributed by atoms with Crippen molar-refractivity contribution in [1.29, 1.82) is 0 Å². The zero-order chi connectivity index (χ0) is 13.8. The number of anilines is 1. The fourth-order valence-electron chi connectivity index (χ4n) is 1.80. The fraction of sp³-hybridized carbons (Fsp3) is 0.133. The zero-order valence-corrected chi connectivity index (χ0v) is 12.3. The van der Waals surface area contributed by atoms with Crippen molar-refractivity contribution in [2.24, 2.45) is 0 Å². The Morgan fingerprint density at radius 1 is 1.16 bits per heavy atom. The van der Waals surface area contributed by atoms with Gasteiger partial charge in [0.25, 0.3) is 0 Å². The molecule has 0 aliphatic carbocycles. The summed E-state index contributed by atoms with van der Waals surface area (Å²) in [6, 6.07) is 12.7. The highest BCUT2D eigenvalue weighted by atomic mass is 79.9. The monoisotopic (exact) mass is 319 g/mol. The molecule has 4 heteroatoms. The molecule has 0 aliphatic rings. The number of carbonyl (C=O) groups excluding carboxylic acids is 1.